The zero-order chi connectivity index (χ0) is 25.6. The van der Waals surface area contributed by atoms with Crippen molar-refractivity contribution in [3.63, 3.8) is 0 Å². The number of rotatable bonds is 8. The van der Waals surface area contributed by atoms with E-state index in [2.05, 4.69) is 41.5 Å². The SMILES string of the molecule is C=CCOC(=O)N1CCC(N[C@@H]2C[C@H]2c2ccc(NC(=O)c3ccc(-c4ccccc4)cc3)cc2)CC1. The van der Waals surface area contributed by atoms with Gasteiger partial charge >= 0.3 is 6.09 Å². The van der Waals surface area contributed by atoms with Gasteiger partial charge in [-0.25, -0.2) is 4.79 Å². The van der Waals surface area contributed by atoms with Crippen molar-refractivity contribution in [1.82, 2.24) is 10.2 Å². The van der Waals surface area contributed by atoms with Crippen LogP contribution in [-0.4, -0.2) is 48.7 Å². The van der Waals surface area contributed by atoms with E-state index in [9.17, 15) is 9.59 Å². The van der Waals surface area contributed by atoms with Crippen LogP contribution < -0.4 is 10.6 Å². The molecule has 1 saturated carbocycles. The van der Waals surface area contributed by atoms with E-state index in [4.69, 9.17) is 4.74 Å². The third-order valence-electron chi connectivity index (χ3n) is 7.17. The number of ether oxygens (including phenoxy) is 1. The number of anilines is 1. The number of hydrogen-bond acceptors (Lipinski definition) is 4. The molecular weight excluding hydrogens is 462 g/mol. The summed E-state index contributed by atoms with van der Waals surface area (Å²) in [5, 5.41) is 6.77. The Balaban J connectivity index is 1.08. The Morgan fingerprint density at radius 2 is 1.59 bits per heavy atom. The zero-order valence-electron chi connectivity index (χ0n) is 20.9. The van der Waals surface area contributed by atoms with Crippen molar-refractivity contribution in [2.45, 2.75) is 37.3 Å². The van der Waals surface area contributed by atoms with Crippen LogP contribution in [0.4, 0.5) is 10.5 Å². The normalized spacial score (nSPS) is 19.2. The molecule has 2 aliphatic rings. The molecule has 1 aliphatic carbocycles. The molecule has 0 bridgehead atoms. The van der Waals surface area contributed by atoms with E-state index in [0.717, 1.165) is 36.1 Å². The Morgan fingerprint density at radius 1 is 0.919 bits per heavy atom. The summed E-state index contributed by atoms with van der Waals surface area (Å²) in [6.07, 6.45) is 4.32. The van der Waals surface area contributed by atoms with Gasteiger partial charge in [0, 0.05) is 42.3 Å². The maximum absolute atomic E-state index is 12.7. The lowest BCUT2D eigenvalue weighted by Crippen LogP contribution is -2.45. The van der Waals surface area contributed by atoms with Gasteiger partial charge in [0.25, 0.3) is 5.91 Å². The fraction of sp³-hybridized carbons (Fsp3) is 0.290. The van der Waals surface area contributed by atoms with Crippen molar-refractivity contribution in [1.29, 1.82) is 0 Å². The number of hydrogen-bond donors (Lipinski definition) is 2. The van der Waals surface area contributed by atoms with Gasteiger partial charge in [0.05, 0.1) is 0 Å². The monoisotopic (exact) mass is 495 g/mol. The first-order valence-electron chi connectivity index (χ1n) is 13.0. The van der Waals surface area contributed by atoms with Crippen LogP contribution in [0.3, 0.4) is 0 Å². The predicted molar refractivity (Wildman–Crippen MR) is 147 cm³/mol. The standard InChI is InChI=1S/C31H33N3O3/c1-2-20-37-31(36)34-18-16-27(17-19-34)32-29-21-28(29)24-12-14-26(15-13-24)33-30(35)25-10-8-23(9-11-25)22-6-4-3-5-7-22/h2-15,27-29,32H,1,16-21H2,(H,33,35)/t28-,29+/m0/s1. The molecule has 37 heavy (non-hydrogen) atoms. The second-order valence-corrected chi connectivity index (χ2v) is 9.76. The number of likely N-dealkylation sites (tertiary alicyclic amines) is 1. The molecule has 1 heterocycles. The average Bonchev–Trinajstić information content (AvgIpc) is 3.72. The highest BCUT2D eigenvalue weighted by Gasteiger charge is 2.40. The third kappa shape index (κ3) is 6.27. The van der Waals surface area contributed by atoms with Crippen molar-refractivity contribution in [2.75, 3.05) is 25.0 Å². The molecule has 3 aromatic rings. The number of nitrogens with zero attached hydrogens (tertiary/aromatic N) is 1. The average molecular weight is 496 g/mol. The number of carbonyl (C=O) groups excluding carboxylic acids is 2. The van der Waals surface area contributed by atoms with Gasteiger partial charge in [-0.05, 0) is 60.2 Å². The summed E-state index contributed by atoms with van der Waals surface area (Å²) < 4.78 is 5.14. The molecule has 3 aromatic carbocycles. The van der Waals surface area contributed by atoms with Crippen LogP contribution in [-0.2, 0) is 4.74 Å². The van der Waals surface area contributed by atoms with Crippen molar-refractivity contribution in [3.05, 3.63) is 103 Å². The lowest BCUT2D eigenvalue weighted by atomic mass is 10.0. The summed E-state index contributed by atoms with van der Waals surface area (Å²) in [6, 6.07) is 26.9. The molecule has 0 spiro atoms. The topological polar surface area (TPSA) is 70.7 Å². The Kier molecular flexibility index (Phi) is 7.66. The Morgan fingerprint density at radius 3 is 2.27 bits per heavy atom. The molecule has 0 aromatic heterocycles. The molecule has 190 valence electrons. The minimum atomic E-state index is -0.251. The van der Waals surface area contributed by atoms with Crippen LogP contribution in [0.2, 0.25) is 0 Å². The molecule has 6 nitrogen and oxygen atoms in total. The van der Waals surface area contributed by atoms with Crippen LogP contribution >= 0.6 is 0 Å². The van der Waals surface area contributed by atoms with Crippen molar-refractivity contribution >= 4 is 17.7 Å². The van der Waals surface area contributed by atoms with Crippen molar-refractivity contribution in [2.24, 2.45) is 0 Å². The summed E-state index contributed by atoms with van der Waals surface area (Å²) in [6.45, 7) is 5.27. The maximum Gasteiger partial charge on any atom is 0.410 e. The molecule has 2 N–H and O–H groups in total. The minimum absolute atomic E-state index is 0.113. The molecule has 0 radical (unpaired) electrons. The summed E-state index contributed by atoms with van der Waals surface area (Å²) in [7, 11) is 0. The van der Waals surface area contributed by atoms with Gasteiger partial charge in [-0.3, -0.25) is 4.79 Å². The zero-order valence-corrected chi connectivity index (χ0v) is 20.9. The molecule has 1 aliphatic heterocycles. The molecular formula is C31H33N3O3. The van der Waals surface area contributed by atoms with Gasteiger partial charge in [0.15, 0.2) is 0 Å². The van der Waals surface area contributed by atoms with Crippen LogP contribution in [0.15, 0.2) is 91.5 Å². The summed E-state index contributed by atoms with van der Waals surface area (Å²) in [5.41, 5.74) is 4.93. The lowest BCUT2D eigenvalue weighted by Gasteiger charge is -2.31. The van der Waals surface area contributed by atoms with E-state index < -0.39 is 0 Å². The lowest BCUT2D eigenvalue weighted by molar-refractivity contribution is 0.0993. The number of nitrogens with one attached hydrogen (secondary N) is 2. The molecule has 6 heteroatoms. The molecule has 0 unspecified atom stereocenters. The maximum atomic E-state index is 12.7. The van der Waals surface area contributed by atoms with E-state index in [0.29, 0.717) is 36.7 Å². The van der Waals surface area contributed by atoms with Gasteiger partial charge < -0.3 is 20.3 Å². The number of amides is 2. The van der Waals surface area contributed by atoms with Crippen molar-refractivity contribution < 1.29 is 14.3 Å². The molecule has 1 saturated heterocycles. The van der Waals surface area contributed by atoms with E-state index in [1.165, 1.54) is 5.56 Å². The number of piperidine rings is 1. The highest BCUT2D eigenvalue weighted by atomic mass is 16.6. The molecule has 5 rings (SSSR count). The summed E-state index contributed by atoms with van der Waals surface area (Å²) in [5.74, 6) is 0.379. The van der Waals surface area contributed by atoms with E-state index >= 15 is 0 Å². The van der Waals surface area contributed by atoms with Crippen LogP contribution in [0, 0.1) is 0 Å². The molecule has 2 fully saturated rings. The first kappa shape index (κ1) is 24.8. The van der Waals surface area contributed by atoms with Gasteiger partial charge in [0.2, 0.25) is 0 Å². The minimum Gasteiger partial charge on any atom is -0.445 e. The first-order valence-corrected chi connectivity index (χ1v) is 13.0. The number of benzene rings is 3. The van der Waals surface area contributed by atoms with Crippen molar-refractivity contribution in [3.8, 4) is 11.1 Å². The second kappa shape index (κ2) is 11.4. The van der Waals surface area contributed by atoms with Gasteiger partial charge in [-0.15, -0.1) is 0 Å². The van der Waals surface area contributed by atoms with E-state index in [-0.39, 0.29) is 18.6 Å². The summed E-state index contributed by atoms with van der Waals surface area (Å²) >= 11 is 0. The van der Waals surface area contributed by atoms with Crippen LogP contribution in [0.5, 0.6) is 0 Å². The fourth-order valence-electron chi connectivity index (χ4n) is 4.96. The highest BCUT2D eigenvalue weighted by molar-refractivity contribution is 6.04. The Hall–Kier alpha value is -3.90. The number of carbonyl (C=O) groups is 2. The first-order chi connectivity index (χ1) is 18.1. The predicted octanol–water partition coefficient (Wildman–Crippen LogP) is 5.84. The largest absolute Gasteiger partial charge is 0.445 e. The summed E-state index contributed by atoms with van der Waals surface area (Å²) in [4.78, 5) is 26.5. The van der Waals surface area contributed by atoms with Gasteiger partial charge in [-0.2, -0.15) is 0 Å². The smallest absolute Gasteiger partial charge is 0.410 e. The fourth-order valence-corrected chi connectivity index (χ4v) is 4.96. The highest BCUT2D eigenvalue weighted by Crippen LogP contribution is 2.41. The van der Waals surface area contributed by atoms with Gasteiger partial charge in [0.1, 0.15) is 6.61 Å². The quantitative estimate of drug-likeness (QED) is 0.385. The van der Waals surface area contributed by atoms with Gasteiger partial charge in [-0.1, -0.05) is 67.3 Å². The third-order valence-corrected chi connectivity index (χ3v) is 7.17. The van der Waals surface area contributed by atoms with E-state index in [1.54, 1.807) is 11.0 Å². The Labute approximate surface area is 218 Å². The second-order valence-electron chi connectivity index (χ2n) is 9.76. The van der Waals surface area contributed by atoms with E-state index in [1.807, 2.05) is 54.6 Å². The molecule has 2 atom stereocenters. The molecule has 2 amide bonds. The van der Waals surface area contributed by atoms with Crippen LogP contribution in [0.1, 0.15) is 41.1 Å². The Bertz CT molecular complexity index is 1220. The van der Waals surface area contributed by atoms with Crippen LogP contribution in [0.25, 0.3) is 11.1 Å².